The molecule has 1 N–H and O–H groups in total. The molecule has 2 aromatic heterocycles. The summed E-state index contributed by atoms with van der Waals surface area (Å²) in [5.41, 5.74) is 0.288. The Labute approximate surface area is 111 Å². The Kier molecular flexibility index (Phi) is 3.71. The molecule has 0 radical (unpaired) electrons. The van der Waals surface area contributed by atoms with E-state index in [0.29, 0.717) is 15.4 Å². The van der Waals surface area contributed by atoms with Crippen molar-refractivity contribution in [1.82, 2.24) is 9.97 Å². The van der Waals surface area contributed by atoms with Gasteiger partial charge in [0.05, 0.1) is 5.02 Å². The Morgan fingerprint density at radius 2 is 2.12 bits per heavy atom. The van der Waals surface area contributed by atoms with Gasteiger partial charge >= 0.3 is 0 Å². The topological polar surface area (TPSA) is 54.9 Å². The fraction of sp³-hybridized carbons (Fsp3) is 0. The molecule has 2 aromatic rings. The zero-order chi connectivity index (χ0) is 12.3. The molecule has 2 rings (SSSR count). The van der Waals surface area contributed by atoms with Gasteiger partial charge in [-0.25, -0.2) is 9.97 Å². The number of pyridine rings is 2. The van der Waals surface area contributed by atoms with E-state index in [9.17, 15) is 4.79 Å². The minimum absolute atomic E-state index is 0.288. The van der Waals surface area contributed by atoms with Gasteiger partial charge in [0, 0.05) is 6.20 Å². The molecule has 0 aliphatic rings. The van der Waals surface area contributed by atoms with Crippen LogP contribution in [0.4, 0.5) is 5.82 Å². The molecule has 0 spiro atoms. The predicted molar refractivity (Wildman–Crippen MR) is 69.1 cm³/mol. The number of carbonyl (C=O) groups excluding carboxylic acids is 1. The van der Waals surface area contributed by atoms with Crippen LogP contribution < -0.4 is 5.32 Å². The minimum atomic E-state index is -0.327. The maximum Gasteiger partial charge on any atom is 0.275 e. The summed E-state index contributed by atoms with van der Waals surface area (Å²) in [5.74, 6) is 0.133. The van der Waals surface area contributed by atoms with E-state index in [1.165, 1.54) is 6.20 Å². The quantitative estimate of drug-likeness (QED) is 0.867. The number of aromatic nitrogens is 2. The molecule has 17 heavy (non-hydrogen) atoms. The van der Waals surface area contributed by atoms with Crippen LogP contribution in [0.5, 0.6) is 0 Å². The van der Waals surface area contributed by atoms with Gasteiger partial charge in [-0.2, -0.15) is 0 Å². The maximum absolute atomic E-state index is 11.8. The summed E-state index contributed by atoms with van der Waals surface area (Å²) in [7, 11) is 0. The van der Waals surface area contributed by atoms with Gasteiger partial charge in [-0.15, -0.1) is 0 Å². The van der Waals surface area contributed by atoms with Gasteiger partial charge in [-0.1, -0.05) is 17.7 Å². The Morgan fingerprint density at radius 3 is 2.76 bits per heavy atom. The van der Waals surface area contributed by atoms with Crippen LogP contribution in [-0.4, -0.2) is 15.9 Å². The Morgan fingerprint density at radius 1 is 1.29 bits per heavy atom. The summed E-state index contributed by atoms with van der Waals surface area (Å²) in [5, 5.41) is 3.12. The lowest BCUT2D eigenvalue weighted by Gasteiger charge is -2.03. The van der Waals surface area contributed by atoms with Crippen molar-refractivity contribution >= 4 is 39.3 Å². The lowest BCUT2D eigenvalue weighted by atomic mass is 10.3. The first-order valence-corrected chi connectivity index (χ1v) is 5.88. The molecule has 0 bridgehead atoms. The molecule has 0 fully saturated rings. The lowest BCUT2D eigenvalue weighted by molar-refractivity contribution is 0.102. The van der Waals surface area contributed by atoms with Crippen LogP contribution >= 0.6 is 27.5 Å². The number of hydrogen-bond donors (Lipinski definition) is 1. The number of rotatable bonds is 2. The molecular formula is C11H7BrClN3O. The van der Waals surface area contributed by atoms with Gasteiger partial charge in [0.25, 0.3) is 5.91 Å². The van der Waals surface area contributed by atoms with E-state index in [-0.39, 0.29) is 11.6 Å². The van der Waals surface area contributed by atoms with Gasteiger partial charge in [0.2, 0.25) is 0 Å². The van der Waals surface area contributed by atoms with Crippen LogP contribution in [0.1, 0.15) is 10.5 Å². The zero-order valence-electron chi connectivity index (χ0n) is 8.52. The van der Waals surface area contributed by atoms with E-state index in [2.05, 4.69) is 31.2 Å². The van der Waals surface area contributed by atoms with Crippen LogP contribution in [0.15, 0.2) is 41.1 Å². The van der Waals surface area contributed by atoms with Gasteiger partial charge in [0.15, 0.2) is 0 Å². The fourth-order valence-electron chi connectivity index (χ4n) is 1.17. The molecule has 0 aliphatic carbocycles. The maximum atomic E-state index is 11.8. The third-order valence-electron chi connectivity index (χ3n) is 1.92. The molecule has 0 aliphatic heterocycles. The molecule has 0 unspecified atom stereocenters. The van der Waals surface area contributed by atoms with Crippen molar-refractivity contribution < 1.29 is 4.79 Å². The second kappa shape index (κ2) is 5.25. The van der Waals surface area contributed by atoms with E-state index in [1.807, 2.05) is 0 Å². The average Bonchev–Trinajstić information content (AvgIpc) is 2.29. The highest BCUT2D eigenvalue weighted by molar-refractivity contribution is 9.10. The standard InChI is InChI=1S/C11H7BrClN3O/c12-9-2-1-3-10(15-9)16-11(17)8-5-4-7(13)6-14-8/h1-6H,(H,15,16,17). The van der Waals surface area contributed by atoms with Gasteiger partial charge < -0.3 is 5.32 Å². The van der Waals surface area contributed by atoms with Crippen molar-refractivity contribution in [2.24, 2.45) is 0 Å². The summed E-state index contributed by atoms with van der Waals surface area (Å²) >= 11 is 8.91. The van der Waals surface area contributed by atoms with Crippen LogP contribution in [-0.2, 0) is 0 Å². The third-order valence-corrected chi connectivity index (χ3v) is 2.58. The summed E-state index contributed by atoms with van der Waals surface area (Å²) < 4.78 is 0.652. The SMILES string of the molecule is O=C(Nc1cccc(Br)n1)c1ccc(Cl)cn1. The normalized spacial score (nSPS) is 10.0. The molecule has 6 heteroatoms. The molecule has 0 saturated heterocycles. The van der Waals surface area contributed by atoms with E-state index in [4.69, 9.17) is 11.6 Å². The molecule has 4 nitrogen and oxygen atoms in total. The van der Waals surface area contributed by atoms with Crippen molar-refractivity contribution in [3.63, 3.8) is 0 Å². The fourth-order valence-corrected chi connectivity index (χ4v) is 1.62. The Hall–Kier alpha value is -1.46. The van der Waals surface area contributed by atoms with Crippen LogP contribution in [0.2, 0.25) is 5.02 Å². The zero-order valence-corrected chi connectivity index (χ0v) is 10.9. The smallest absolute Gasteiger partial charge is 0.275 e. The number of anilines is 1. The summed E-state index contributed by atoms with van der Waals surface area (Å²) in [6.45, 7) is 0. The molecule has 2 heterocycles. The first kappa shape index (κ1) is 12.0. The molecule has 0 atom stereocenters. The predicted octanol–water partition coefficient (Wildman–Crippen LogP) is 3.14. The first-order chi connectivity index (χ1) is 8.15. The van der Waals surface area contributed by atoms with Gasteiger partial charge in [-0.3, -0.25) is 4.79 Å². The highest BCUT2D eigenvalue weighted by atomic mass is 79.9. The number of nitrogens with one attached hydrogen (secondary N) is 1. The van der Waals surface area contributed by atoms with E-state index >= 15 is 0 Å². The van der Waals surface area contributed by atoms with Crippen molar-refractivity contribution in [3.05, 3.63) is 51.8 Å². The van der Waals surface area contributed by atoms with Crippen molar-refractivity contribution in [3.8, 4) is 0 Å². The number of halogens is 2. The van der Waals surface area contributed by atoms with E-state index in [1.54, 1.807) is 30.3 Å². The monoisotopic (exact) mass is 311 g/mol. The average molecular weight is 313 g/mol. The highest BCUT2D eigenvalue weighted by Gasteiger charge is 2.07. The largest absolute Gasteiger partial charge is 0.305 e. The second-order valence-electron chi connectivity index (χ2n) is 3.16. The second-order valence-corrected chi connectivity index (χ2v) is 4.41. The number of hydrogen-bond acceptors (Lipinski definition) is 3. The summed E-state index contributed by atoms with van der Waals surface area (Å²) in [4.78, 5) is 19.8. The van der Waals surface area contributed by atoms with Crippen LogP contribution in [0.3, 0.4) is 0 Å². The van der Waals surface area contributed by atoms with Crippen LogP contribution in [0.25, 0.3) is 0 Å². The number of amides is 1. The van der Waals surface area contributed by atoms with Gasteiger partial charge in [-0.05, 0) is 40.2 Å². The molecule has 86 valence electrons. The van der Waals surface area contributed by atoms with E-state index < -0.39 is 0 Å². The Bertz CT molecular complexity index is 545. The lowest BCUT2D eigenvalue weighted by Crippen LogP contribution is -2.14. The third kappa shape index (κ3) is 3.25. The molecule has 0 saturated carbocycles. The van der Waals surface area contributed by atoms with Crippen molar-refractivity contribution in [1.29, 1.82) is 0 Å². The molecule has 1 amide bonds. The van der Waals surface area contributed by atoms with Crippen LogP contribution in [0, 0.1) is 0 Å². The molecule has 0 aromatic carbocycles. The number of nitrogens with zero attached hydrogens (tertiary/aromatic N) is 2. The van der Waals surface area contributed by atoms with Gasteiger partial charge in [0.1, 0.15) is 16.1 Å². The number of carbonyl (C=O) groups is 1. The summed E-state index contributed by atoms with van der Waals surface area (Å²) in [6.07, 6.45) is 1.42. The van der Waals surface area contributed by atoms with Crippen molar-refractivity contribution in [2.75, 3.05) is 5.32 Å². The summed E-state index contributed by atoms with van der Waals surface area (Å²) in [6, 6.07) is 8.41. The first-order valence-electron chi connectivity index (χ1n) is 4.70. The van der Waals surface area contributed by atoms with Crippen molar-refractivity contribution in [2.45, 2.75) is 0 Å². The minimum Gasteiger partial charge on any atom is -0.305 e. The van der Waals surface area contributed by atoms with E-state index in [0.717, 1.165) is 0 Å². The Balaban J connectivity index is 2.14. The molecular weight excluding hydrogens is 305 g/mol. The highest BCUT2D eigenvalue weighted by Crippen LogP contribution is 2.12.